The number of nitrogens with zero attached hydrogens (tertiary/aromatic N) is 2. The molecule has 0 bridgehead atoms. The van der Waals surface area contributed by atoms with Crippen LogP contribution in [0.25, 0.3) is 0 Å². The van der Waals surface area contributed by atoms with Gasteiger partial charge in [-0.15, -0.1) is 11.3 Å². The van der Waals surface area contributed by atoms with E-state index in [1.807, 2.05) is 6.08 Å². The predicted octanol–water partition coefficient (Wildman–Crippen LogP) is 12.8. The largest absolute Gasteiger partial charge is 0.351 e. The fraction of sp³-hybridized carbons (Fsp3) is 0.532. The Bertz CT molecular complexity index is 1710. The summed E-state index contributed by atoms with van der Waals surface area (Å²) in [6.07, 6.45) is 27.1. The molecule has 0 aromatic carbocycles. The van der Waals surface area contributed by atoms with Gasteiger partial charge in [0, 0.05) is 29.0 Å². The number of anilines is 1. The topological polar surface area (TPSA) is 6.48 Å². The first-order valence-electron chi connectivity index (χ1n) is 19.8. The molecule has 274 valence electrons. The summed E-state index contributed by atoms with van der Waals surface area (Å²) in [6, 6.07) is 0.511. The molecule has 1 aromatic heterocycles. The second-order valence-corrected chi connectivity index (χ2v) is 19.2. The molecule has 0 radical (unpaired) electrons. The zero-order valence-corrected chi connectivity index (χ0v) is 34.9. The number of thiophene rings is 1. The lowest BCUT2D eigenvalue weighted by Crippen LogP contribution is -2.58. The molecule has 0 saturated heterocycles. The van der Waals surface area contributed by atoms with Gasteiger partial charge in [0.15, 0.2) is 0 Å². The SMILES string of the molecule is C=C/C(=C\C=C\N1C=C2B(C=C1CCC(=C)C(C)C)c1c(sc3c1C(C)(C)CCC3(C)C)N(C1C=CC(CC)=CC1)C2CC(=C)C(C)(C)C)CC. The van der Waals surface area contributed by atoms with Gasteiger partial charge in [0.1, 0.15) is 0 Å². The second kappa shape index (κ2) is 15.2. The van der Waals surface area contributed by atoms with E-state index in [1.165, 1.54) is 51.3 Å². The molecule has 2 aliphatic heterocycles. The zero-order chi connectivity index (χ0) is 37.5. The Balaban J connectivity index is 1.78. The Labute approximate surface area is 317 Å². The molecule has 5 rings (SSSR count). The summed E-state index contributed by atoms with van der Waals surface area (Å²) in [5.74, 6) is 3.14. The molecule has 0 N–H and O–H groups in total. The lowest BCUT2D eigenvalue weighted by Gasteiger charge is -2.49. The van der Waals surface area contributed by atoms with E-state index in [4.69, 9.17) is 6.58 Å². The first-order valence-corrected chi connectivity index (χ1v) is 20.6. The van der Waals surface area contributed by atoms with Gasteiger partial charge in [-0.05, 0) is 96.2 Å². The lowest BCUT2D eigenvalue weighted by molar-refractivity contribution is 0.340. The van der Waals surface area contributed by atoms with Crippen LogP contribution in [0.3, 0.4) is 0 Å². The molecule has 0 amide bonds. The van der Waals surface area contributed by atoms with E-state index >= 15 is 0 Å². The number of hydrogen-bond acceptors (Lipinski definition) is 3. The molecule has 0 saturated carbocycles. The van der Waals surface area contributed by atoms with Gasteiger partial charge < -0.3 is 9.80 Å². The molecule has 4 heteroatoms. The van der Waals surface area contributed by atoms with Crippen LogP contribution >= 0.6 is 11.3 Å². The van der Waals surface area contributed by atoms with Gasteiger partial charge in [0.05, 0.1) is 11.0 Å². The third kappa shape index (κ3) is 8.02. The van der Waals surface area contributed by atoms with Crippen LogP contribution in [0.15, 0.2) is 108 Å². The van der Waals surface area contributed by atoms with Crippen molar-refractivity contribution in [1.29, 1.82) is 0 Å². The normalized spacial score (nSPS) is 22.7. The Morgan fingerprint density at radius 1 is 1.10 bits per heavy atom. The number of rotatable bonds is 12. The van der Waals surface area contributed by atoms with Crippen molar-refractivity contribution in [2.24, 2.45) is 11.3 Å². The van der Waals surface area contributed by atoms with E-state index in [0.717, 1.165) is 38.5 Å². The number of fused-ring (bicyclic) bond motifs is 5. The second-order valence-electron chi connectivity index (χ2n) is 18.2. The van der Waals surface area contributed by atoms with Crippen molar-refractivity contribution in [3.05, 3.63) is 118 Å². The van der Waals surface area contributed by atoms with Crippen molar-refractivity contribution < 1.29 is 0 Å². The minimum absolute atomic E-state index is 0.0247. The molecule has 1 aromatic rings. The maximum absolute atomic E-state index is 4.77. The van der Waals surface area contributed by atoms with Crippen LogP contribution in [0.4, 0.5) is 5.00 Å². The average molecular weight is 703 g/mol. The van der Waals surface area contributed by atoms with Crippen molar-refractivity contribution in [2.45, 2.75) is 150 Å². The van der Waals surface area contributed by atoms with Gasteiger partial charge in [-0.2, -0.15) is 0 Å². The summed E-state index contributed by atoms with van der Waals surface area (Å²) in [7, 11) is 0. The van der Waals surface area contributed by atoms with Crippen LogP contribution in [0.1, 0.15) is 138 Å². The van der Waals surface area contributed by atoms with E-state index in [0.29, 0.717) is 12.0 Å². The van der Waals surface area contributed by atoms with E-state index in [-0.39, 0.29) is 29.0 Å². The van der Waals surface area contributed by atoms with Crippen molar-refractivity contribution in [3.8, 4) is 0 Å². The van der Waals surface area contributed by atoms with Crippen molar-refractivity contribution in [1.82, 2.24) is 4.90 Å². The van der Waals surface area contributed by atoms with Crippen LogP contribution in [0, 0.1) is 11.3 Å². The maximum atomic E-state index is 4.77. The minimum atomic E-state index is 0.0247. The van der Waals surface area contributed by atoms with Gasteiger partial charge >= 0.3 is 0 Å². The molecule has 0 fully saturated rings. The third-order valence-corrected chi connectivity index (χ3v) is 13.9. The lowest BCUT2D eigenvalue weighted by atomic mass is 9.34. The summed E-state index contributed by atoms with van der Waals surface area (Å²) in [6.45, 7) is 39.6. The predicted molar refractivity (Wildman–Crippen MR) is 229 cm³/mol. The summed E-state index contributed by atoms with van der Waals surface area (Å²) < 4.78 is 0. The fourth-order valence-corrected chi connectivity index (χ4v) is 10.0. The quantitative estimate of drug-likeness (QED) is 0.122. The van der Waals surface area contributed by atoms with Gasteiger partial charge in [-0.3, -0.25) is 0 Å². The summed E-state index contributed by atoms with van der Waals surface area (Å²) >= 11 is 2.12. The van der Waals surface area contributed by atoms with Crippen LogP contribution in [-0.4, -0.2) is 23.7 Å². The standard InChI is InChI=1S/C47H67BN2S/c1-15-35(16-2)19-18-28-49-31-39-40(29-34(7)45(8,9)10)50(37-24-21-36(17-3)22-25-37)44-42(48(39)30-38(49)23-20-33(6)32(4)5)41-43(51-44)47(13,14)27-26-46(41,11)12/h15,18-19,21-22,24,28,30-32,37,40H,1,6-7,16-17,20,23,25-27,29H2,2-5,8-14H3/b28-18+,35-19+. The minimum Gasteiger partial charge on any atom is -0.351 e. The molecule has 2 aliphatic carbocycles. The van der Waals surface area contributed by atoms with Gasteiger partial charge in [0.2, 0.25) is 6.71 Å². The molecule has 2 unspecified atom stereocenters. The number of allylic oxidation sites excluding steroid dienone is 8. The highest BCUT2D eigenvalue weighted by molar-refractivity contribution is 7.19. The van der Waals surface area contributed by atoms with Crippen molar-refractivity contribution >= 4 is 28.5 Å². The molecule has 0 spiro atoms. The molecular weight excluding hydrogens is 635 g/mol. The van der Waals surface area contributed by atoms with Gasteiger partial charge in [-0.25, -0.2) is 0 Å². The third-order valence-electron chi connectivity index (χ3n) is 12.4. The Morgan fingerprint density at radius 2 is 1.80 bits per heavy atom. The molecule has 3 heterocycles. The van der Waals surface area contributed by atoms with Crippen molar-refractivity contribution in [3.63, 3.8) is 0 Å². The Hall–Kier alpha value is -2.98. The van der Waals surface area contributed by atoms with Crippen LogP contribution in [-0.2, 0) is 10.8 Å². The highest BCUT2D eigenvalue weighted by Crippen LogP contribution is 2.54. The molecule has 2 atom stereocenters. The highest BCUT2D eigenvalue weighted by Gasteiger charge is 2.51. The van der Waals surface area contributed by atoms with Crippen LogP contribution in [0.5, 0.6) is 0 Å². The van der Waals surface area contributed by atoms with E-state index in [9.17, 15) is 0 Å². The van der Waals surface area contributed by atoms with Crippen LogP contribution in [0.2, 0.25) is 0 Å². The monoisotopic (exact) mass is 703 g/mol. The Kier molecular flexibility index (Phi) is 11.7. The van der Waals surface area contributed by atoms with Gasteiger partial charge in [-0.1, -0.05) is 154 Å². The van der Waals surface area contributed by atoms with E-state index < -0.39 is 0 Å². The van der Waals surface area contributed by atoms with Crippen LogP contribution < -0.4 is 10.4 Å². The van der Waals surface area contributed by atoms with E-state index in [2.05, 4.69) is 159 Å². The first kappa shape index (κ1) is 39.2. The summed E-state index contributed by atoms with van der Waals surface area (Å²) in [4.78, 5) is 6.92. The molecular formula is C47H67BN2S. The van der Waals surface area contributed by atoms with Gasteiger partial charge in [0.25, 0.3) is 0 Å². The highest BCUT2D eigenvalue weighted by atomic mass is 32.1. The Morgan fingerprint density at radius 3 is 2.39 bits per heavy atom. The van der Waals surface area contributed by atoms with Crippen molar-refractivity contribution in [2.75, 3.05) is 4.90 Å². The average Bonchev–Trinajstić information content (AvgIpc) is 3.51. The summed E-state index contributed by atoms with van der Waals surface area (Å²) in [5.41, 5.74) is 11.7. The number of hydrogen-bond donors (Lipinski definition) is 0. The zero-order valence-electron chi connectivity index (χ0n) is 34.1. The maximum Gasteiger partial charge on any atom is 0.239 e. The van der Waals surface area contributed by atoms with E-state index in [1.54, 1.807) is 15.9 Å². The first-order chi connectivity index (χ1) is 23.9. The molecule has 4 aliphatic rings. The molecule has 2 nitrogen and oxygen atoms in total. The fourth-order valence-electron chi connectivity index (χ4n) is 8.25. The smallest absolute Gasteiger partial charge is 0.239 e. The molecule has 51 heavy (non-hydrogen) atoms. The summed E-state index contributed by atoms with van der Waals surface area (Å²) in [5, 5.41) is 1.51.